The van der Waals surface area contributed by atoms with Gasteiger partial charge in [-0.15, -0.1) is 0 Å². The van der Waals surface area contributed by atoms with Crippen LogP contribution < -0.4 is 4.90 Å². The van der Waals surface area contributed by atoms with Crippen molar-refractivity contribution in [3.63, 3.8) is 0 Å². The molecule has 0 atom stereocenters. The molecule has 116 valence electrons. The molecule has 20 heavy (non-hydrogen) atoms. The fraction of sp³-hybridized carbons (Fsp3) is 0.625. The lowest BCUT2D eigenvalue weighted by Crippen LogP contribution is -2.25. The highest BCUT2D eigenvalue weighted by atomic mass is 16.4. The van der Waals surface area contributed by atoms with E-state index in [1.165, 1.54) is 6.07 Å². The van der Waals surface area contributed by atoms with Gasteiger partial charge < -0.3 is 19.8 Å². The van der Waals surface area contributed by atoms with E-state index < -0.39 is 0 Å². The maximum atomic E-state index is 9.85. The lowest BCUT2D eigenvalue weighted by molar-refractivity contribution is 0.277. The average molecular weight is 283 g/mol. The van der Waals surface area contributed by atoms with Crippen LogP contribution in [-0.4, -0.2) is 37.5 Å². The van der Waals surface area contributed by atoms with E-state index >= 15 is 0 Å². The fourth-order valence-corrected chi connectivity index (χ4v) is 1.82. The van der Waals surface area contributed by atoms with Crippen LogP contribution in [0.25, 0.3) is 0 Å². The zero-order valence-corrected chi connectivity index (χ0v) is 13.2. The Morgan fingerprint density at radius 2 is 1.50 bits per heavy atom. The molecule has 1 aromatic carbocycles. The van der Waals surface area contributed by atoms with Crippen molar-refractivity contribution in [1.82, 2.24) is 0 Å². The van der Waals surface area contributed by atoms with Gasteiger partial charge in [-0.2, -0.15) is 0 Å². The predicted molar refractivity (Wildman–Crippen MR) is 84.7 cm³/mol. The minimum Gasteiger partial charge on any atom is -0.508 e. The van der Waals surface area contributed by atoms with Crippen LogP contribution in [0.5, 0.6) is 11.5 Å². The van der Waals surface area contributed by atoms with Gasteiger partial charge >= 0.3 is 0 Å². The number of hydrogen-bond acceptors (Lipinski definition) is 4. The van der Waals surface area contributed by atoms with E-state index in [-0.39, 0.29) is 11.5 Å². The third-order valence-corrected chi connectivity index (χ3v) is 2.86. The number of ether oxygens (including phenoxy) is 1. The second-order valence-electron chi connectivity index (χ2n) is 4.78. The molecule has 0 amide bonds. The van der Waals surface area contributed by atoms with Crippen molar-refractivity contribution >= 4 is 5.69 Å². The zero-order valence-electron chi connectivity index (χ0n) is 13.2. The van der Waals surface area contributed by atoms with Gasteiger partial charge in [-0.1, -0.05) is 26.7 Å². The first-order valence-electron chi connectivity index (χ1n) is 7.27. The molecular formula is C16H29NO3. The van der Waals surface area contributed by atoms with Crippen molar-refractivity contribution in [3.05, 3.63) is 18.2 Å². The van der Waals surface area contributed by atoms with Crippen LogP contribution in [-0.2, 0) is 4.74 Å². The van der Waals surface area contributed by atoms with Crippen molar-refractivity contribution in [2.75, 3.05) is 32.2 Å². The quantitative estimate of drug-likeness (QED) is 0.748. The lowest BCUT2D eigenvalue weighted by Gasteiger charge is -2.25. The van der Waals surface area contributed by atoms with Crippen LogP contribution in [0.4, 0.5) is 5.69 Å². The Kier molecular flexibility index (Phi) is 10.6. The Labute approximate surface area is 123 Å². The van der Waals surface area contributed by atoms with Crippen molar-refractivity contribution in [2.24, 2.45) is 0 Å². The van der Waals surface area contributed by atoms with Gasteiger partial charge in [0.05, 0.1) is 5.69 Å². The number of aromatic hydroxyl groups is 2. The predicted octanol–water partition coefficient (Wildman–Crippen LogP) is 3.77. The molecule has 0 fully saturated rings. The van der Waals surface area contributed by atoms with Gasteiger partial charge in [0.2, 0.25) is 0 Å². The van der Waals surface area contributed by atoms with Crippen LogP contribution in [0.2, 0.25) is 0 Å². The smallest absolute Gasteiger partial charge is 0.139 e. The Bertz CT molecular complexity index is 348. The second kappa shape index (κ2) is 11.4. The number of hydrogen-bond donors (Lipinski definition) is 2. The van der Waals surface area contributed by atoms with Gasteiger partial charge in [-0.05, 0) is 25.0 Å². The topological polar surface area (TPSA) is 52.9 Å². The molecule has 0 heterocycles. The van der Waals surface area contributed by atoms with Crippen molar-refractivity contribution < 1.29 is 14.9 Å². The zero-order chi connectivity index (χ0) is 15.4. The summed E-state index contributed by atoms with van der Waals surface area (Å²) in [4.78, 5) is 2.15. The highest BCUT2D eigenvalue weighted by Gasteiger charge is 2.10. The van der Waals surface area contributed by atoms with Gasteiger partial charge in [-0.25, -0.2) is 0 Å². The van der Waals surface area contributed by atoms with Crippen LogP contribution >= 0.6 is 0 Å². The van der Waals surface area contributed by atoms with E-state index in [4.69, 9.17) is 0 Å². The summed E-state index contributed by atoms with van der Waals surface area (Å²) in [7, 11) is 3.25. The van der Waals surface area contributed by atoms with E-state index in [2.05, 4.69) is 23.5 Å². The number of phenolic OH excluding ortho intramolecular Hbond substituents is 2. The molecule has 2 N–H and O–H groups in total. The number of phenols is 2. The molecule has 0 radical (unpaired) electrons. The summed E-state index contributed by atoms with van der Waals surface area (Å²) in [6.45, 7) is 6.15. The van der Waals surface area contributed by atoms with Crippen LogP contribution in [0.1, 0.15) is 39.5 Å². The van der Waals surface area contributed by atoms with E-state index in [0.717, 1.165) is 44.5 Å². The van der Waals surface area contributed by atoms with Crippen LogP contribution in [0.15, 0.2) is 18.2 Å². The van der Waals surface area contributed by atoms with Crippen LogP contribution in [0.3, 0.4) is 0 Å². The third kappa shape index (κ3) is 7.24. The minimum atomic E-state index is 0.204. The molecule has 0 bridgehead atoms. The Morgan fingerprint density at radius 1 is 1.00 bits per heavy atom. The second-order valence-corrected chi connectivity index (χ2v) is 4.78. The maximum absolute atomic E-state index is 9.85. The molecule has 0 aliphatic carbocycles. The molecule has 1 rings (SSSR count). The van der Waals surface area contributed by atoms with E-state index in [9.17, 15) is 10.2 Å². The first-order valence-corrected chi connectivity index (χ1v) is 7.27. The first-order chi connectivity index (χ1) is 9.60. The summed E-state index contributed by atoms with van der Waals surface area (Å²) < 4.78 is 4.25. The Hall–Kier alpha value is -1.42. The third-order valence-electron chi connectivity index (χ3n) is 2.86. The molecule has 0 saturated carbocycles. The molecule has 4 nitrogen and oxygen atoms in total. The van der Waals surface area contributed by atoms with Gasteiger partial charge in [0, 0.05) is 33.4 Å². The van der Waals surface area contributed by atoms with Crippen molar-refractivity contribution in [1.29, 1.82) is 0 Å². The fourth-order valence-electron chi connectivity index (χ4n) is 1.82. The van der Waals surface area contributed by atoms with Gasteiger partial charge in [0.25, 0.3) is 0 Å². The highest BCUT2D eigenvalue weighted by molar-refractivity contribution is 5.60. The normalized spacial score (nSPS) is 9.80. The lowest BCUT2D eigenvalue weighted by atomic mass is 10.2. The van der Waals surface area contributed by atoms with E-state index in [1.54, 1.807) is 26.4 Å². The largest absolute Gasteiger partial charge is 0.508 e. The molecule has 4 heteroatoms. The molecule has 0 saturated heterocycles. The molecule has 0 aliphatic heterocycles. The summed E-state index contributed by atoms with van der Waals surface area (Å²) in [5, 5.41) is 19.4. The molecule has 0 aromatic heterocycles. The highest BCUT2D eigenvalue weighted by Crippen LogP contribution is 2.31. The summed E-state index contributed by atoms with van der Waals surface area (Å²) in [6, 6.07) is 4.70. The molecule has 0 unspecified atom stereocenters. The molecule has 0 aliphatic rings. The average Bonchev–Trinajstić information content (AvgIpc) is 2.43. The van der Waals surface area contributed by atoms with Gasteiger partial charge in [0.1, 0.15) is 11.5 Å². The van der Waals surface area contributed by atoms with Crippen LogP contribution in [0, 0.1) is 0 Å². The number of rotatable bonds is 7. The van der Waals surface area contributed by atoms with Crippen molar-refractivity contribution in [3.8, 4) is 11.5 Å². The van der Waals surface area contributed by atoms with Crippen molar-refractivity contribution in [2.45, 2.75) is 39.5 Å². The number of nitrogens with zero attached hydrogens (tertiary/aromatic N) is 1. The monoisotopic (exact) mass is 283 g/mol. The molecule has 0 spiro atoms. The number of unbranched alkanes of at least 4 members (excludes halogenated alkanes) is 2. The number of anilines is 1. The summed E-state index contributed by atoms with van der Waals surface area (Å²) in [5.74, 6) is 0.450. The maximum Gasteiger partial charge on any atom is 0.139 e. The summed E-state index contributed by atoms with van der Waals surface area (Å²) in [6.07, 6.45) is 4.45. The van der Waals surface area contributed by atoms with Gasteiger partial charge in [-0.3, -0.25) is 0 Å². The standard InChI is InChI=1S/C14H23NO2.C2H6O/c1-3-5-9-15(10-6-4-2)13-11-12(16)7-8-14(13)17;1-3-2/h7-8,11,16-17H,3-6,9-10H2,1-2H3;1-2H3. The Balaban J connectivity index is 0.00000110. The van der Waals surface area contributed by atoms with E-state index in [1.807, 2.05) is 0 Å². The number of methoxy groups -OCH3 is 1. The van der Waals surface area contributed by atoms with E-state index in [0.29, 0.717) is 0 Å². The minimum absolute atomic E-state index is 0.204. The number of benzene rings is 1. The van der Waals surface area contributed by atoms with Gasteiger partial charge in [0.15, 0.2) is 0 Å². The molecule has 1 aromatic rings. The summed E-state index contributed by atoms with van der Waals surface area (Å²) in [5.41, 5.74) is 0.743. The SMILES string of the molecule is CCCCN(CCCC)c1cc(O)ccc1O.COC. The Morgan fingerprint density at radius 3 is 1.95 bits per heavy atom. The molecular weight excluding hydrogens is 254 g/mol. The first kappa shape index (κ1) is 18.6. The summed E-state index contributed by atoms with van der Waals surface area (Å²) >= 11 is 0.